The molecule has 0 amide bonds. The Kier molecular flexibility index (Phi) is 3.66. The largest absolute Gasteiger partial charge is 0.379 e. The van der Waals surface area contributed by atoms with Crippen LogP contribution in [0.2, 0.25) is 0 Å². The zero-order valence-corrected chi connectivity index (χ0v) is 10.7. The van der Waals surface area contributed by atoms with E-state index < -0.39 is 20.9 Å². The van der Waals surface area contributed by atoms with E-state index in [0.717, 1.165) is 36.4 Å². The third-order valence-corrected chi connectivity index (χ3v) is 3.62. The maximum Gasteiger partial charge on any atom is 0.339 e. The van der Waals surface area contributed by atoms with Crippen molar-refractivity contribution >= 4 is 15.8 Å². The quantitative estimate of drug-likeness (QED) is 0.491. The number of nitrogens with zero attached hydrogens (tertiary/aromatic N) is 1. The van der Waals surface area contributed by atoms with Crippen LogP contribution in [0.5, 0.6) is 5.75 Å². The molecule has 6 nitrogen and oxygen atoms in total. The highest BCUT2D eigenvalue weighted by Gasteiger charge is 2.17. The van der Waals surface area contributed by atoms with Crippen molar-refractivity contribution < 1.29 is 21.9 Å². The van der Waals surface area contributed by atoms with Crippen molar-refractivity contribution in [2.45, 2.75) is 4.90 Å². The number of rotatable bonds is 4. The van der Waals surface area contributed by atoms with Crippen molar-refractivity contribution in [3.05, 3.63) is 64.5 Å². The molecule has 0 aliphatic heterocycles. The first-order valence-corrected chi connectivity index (χ1v) is 6.74. The van der Waals surface area contributed by atoms with Crippen molar-refractivity contribution in [2.75, 3.05) is 0 Å². The van der Waals surface area contributed by atoms with Crippen LogP contribution in [0.4, 0.5) is 10.1 Å². The maximum atomic E-state index is 12.7. The van der Waals surface area contributed by atoms with Crippen molar-refractivity contribution in [3.63, 3.8) is 0 Å². The van der Waals surface area contributed by atoms with Gasteiger partial charge in [-0.15, -0.1) is 0 Å². The number of non-ortho nitro benzene ring substituents is 1. The Morgan fingerprint density at radius 1 is 1.00 bits per heavy atom. The van der Waals surface area contributed by atoms with Crippen molar-refractivity contribution in [1.82, 2.24) is 0 Å². The number of halogens is 1. The summed E-state index contributed by atoms with van der Waals surface area (Å²) >= 11 is 0. The van der Waals surface area contributed by atoms with Gasteiger partial charge in [0.25, 0.3) is 5.69 Å². The standard InChI is InChI=1S/C12H8FNO5S/c13-9-1-7-12(8-2-9)20(17,18)19-11-5-3-10(4-6-11)14(15)16/h1-8H. The van der Waals surface area contributed by atoms with Crippen LogP contribution in [-0.4, -0.2) is 13.3 Å². The molecule has 0 bridgehead atoms. The molecule has 8 heteroatoms. The zero-order chi connectivity index (χ0) is 14.8. The lowest BCUT2D eigenvalue weighted by Gasteiger charge is -2.06. The smallest absolute Gasteiger partial charge is 0.339 e. The van der Waals surface area contributed by atoms with Gasteiger partial charge < -0.3 is 4.18 Å². The minimum Gasteiger partial charge on any atom is -0.379 e. The number of nitro benzene ring substituents is 1. The van der Waals surface area contributed by atoms with Gasteiger partial charge in [-0.3, -0.25) is 10.1 Å². The Hall–Kier alpha value is -2.48. The SMILES string of the molecule is O=[N+]([O-])c1ccc(OS(=O)(=O)c2ccc(F)cc2)cc1. The van der Waals surface area contributed by atoms with Crippen LogP contribution >= 0.6 is 0 Å². The van der Waals surface area contributed by atoms with Gasteiger partial charge in [0.1, 0.15) is 16.5 Å². The molecular weight excluding hydrogens is 289 g/mol. The summed E-state index contributed by atoms with van der Waals surface area (Å²) in [7, 11) is -4.10. The fourth-order valence-electron chi connectivity index (χ4n) is 1.40. The monoisotopic (exact) mass is 297 g/mol. The maximum absolute atomic E-state index is 12.7. The van der Waals surface area contributed by atoms with Crippen LogP contribution in [0.15, 0.2) is 53.4 Å². The Bertz CT molecular complexity index is 725. The molecule has 0 N–H and O–H groups in total. The first-order chi connectivity index (χ1) is 9.38. The van der Waals surface area contributed by atoms with Gasteiger partial charge in [-0.05, 0) is 36.4 Å². The van der Waals surface area contributed by atoms with Gasteiger partial charge in [0.05, 0.1) is 4.92 Å². The third kappa shape index (κ3) is 3.09. The molecule has 2 rings (SSSR count). The molecule has 0 spiro atoms. The molecule has 0 saturated carbocycles. The number of hydrogen-bond donors (Lipinski definition) is 0. The lowest BCUT2D eigenvalue weighted by molar-refractivity contribution is -0.384. The van der Waals surface area contributed by atoms with E-state index in [1.807, 2.05) is 0 Å². The van der Waals surface area contributed by atoms with Gasteiger partial charge in [-0.25, -0.2) is 4.39 Å². The first kappa shape index (κ1) is 13.9. The molecule has 104 valence electrons. The van der Waals surface area contributed by atoms with Crippen LogP contribution in [0, 0.1) is 15.9 Å². The first-order valence-electron chi connectivity index (χ1n) is 5.33. The minimum absolute atomic E-state index is 0.0695. The zero-order valence-electron chi connectivity index (χ0n) is 9.89. The average Bonchev–Trinajstić information content (AvgIpc) is 2.39. The second kappa shape index (κ2) is 5.25. The molecule has 2 aromatic rings. The van der Waals surface area contributed by atoms with E-state index in [4.69, 9.17) is 4.18 Å². The second-order valence-corrected chi connectivity index (χ2v) is 5.29. The molecular formula is C12H8FNO5S. The Balaban J connectivity index is 2.24. The molecule has 2 aromatic carbocycles. The van der Waals surface area contributed by atoms with Crippen LogP contribution in [0.3, 0.4) is 0 Å². The molecule has 0 aromatic heterocycles. The highest BCUT2D eigenvalue weighted by atomic mass is 32.2. The predicted molar refractivity (Wildman–Crippen MR) is 67.3 cm³/mol. The topological polar surface area (TPSA) is 86.5 Å². The summed E-state index contributed by atoms with van der Waals surface area (Å²) in [4.78, 5) is 9.64. The lowest BCUT2D eigenvalue weighted by Crippen LogP contribution is -2.09. The second-order valence-electron chi connectivity index (χ2n) is 3.74. The Labute approximate surface area is 113 Å². The molecule has 0 heterocycles. The highest BCUT2D eigenvalue weighted by Crippen LogP contribution is 2.21. The molecule has 0 aliphatic carbocycles. The van der Waals surface area contributed by atoms with E-state index in [-0.39, 0.29) is 16.3 Å². The molecule has 0 radical (unpaired) electrons. The summed E-state index contributed by atoms with van der Waals surface area (Å²) in [5, 5.41) is 10.5. The van der Waals surface area contributed by atoms with Crippen molar-refractivity contribution in [3.8, 4) is 5.75 Å². The lowest BCUT2D eigenvalue weighted by atomic mass is 10.3. The molecule has 0 atom stereocenters. The van der Waals surface area contributed by atoms with Gasteiger partial charge >= 0.3 is 10.1 Å². The number of hydrogen-bond acceptors (Lipinski definition) is 5. The van der Waals surface area contributed by atoms with Crippen LogP contribution in [0.25, 0.3) is 0 Å². The van der Waals surface area contributed by atoms with Crippen LogP contribution in [0.1, 0.15) is 0 Å². The van der Waals surface area contributed by atoms with Gasteiger partial charge in [0.2, 0.25) is 0 Å². The summed E-state index contributed by atoms with van der Waals surface area (Å²) in [5.74, 6) is -0.640. The van der Waals surface area contributed by atoms with Gasteiger partial charge in [0.15, 0.2) is 0 Å². The highest BCUT2D eigenvalue weighted by molar-refractivity contribution is 7.87. The van der Waals surface area contributed by atoms with Gasteiger partial charge in [-0.2, -0.15) is 8.42 Å². The molecule has 0 unspecified atom stereocenters. The third-order valence-electron chi connectivity index (χ3n) is 2.36. The van der Waals surface area contributed by atoms with Gasteiger partial charge in [0, 0.05) is 12.1 Å². The number of benzene rings is 2. The van der Waals surface area contributed by atoms with E-state index in [2.05, 4.69) is 0 Å². The van der Waals surface area contributed by atoms with Crippen LogP contribution in [-0.2, 0) is 10.1 Å². The van der Waals surface area contributed by atoms with E-state index in [0.29, 0.717) is 0 Å². The number of nitro groups is 1. The van der Waals surface area contributed by atoms with Crippen LogP contribution < -0.4 is 4.18 Å². The van der Waals surface area contributed by atoms with Crippen molar-refractivity contribution in [1.29, 1.82) is 0 Å². The molecule has 0 aliphatic rings. The summed E-state index contributed by atoms with van der Waals surface area (Å²) in [6.07, 6.45) is 0. The summed E-state index contributed by atoms with van der Waals surface area (Å²) in [6, 6.07) is 8.69. The fourth-order valence-corrected chi connectivity index (χ4v) is 2.33. The molecule has 20 heavy (non-hydrogen) atoms. The van der Waals surface area contributed by atoms with E-state index in [1.54, 1.807) is 0 Å². The normalized spacial score (nSPS) is 11.1. The summed E-state index contributed by atoms with van der Waals surface area (Å²) < 4.78 is 41.2. The van der Waals surface area contributed by atoms with Gasteiger partial charge in [-0.1, -0.05) is 0 Å². The fraction of sp³-hybridized carbons (Fsp3) is 0. The average molecular weight is 297 g/mol. The van der Waals surface area contributed by atoms with Crippen molar-refractivity contribution in [2.24, 2.45) is 0 Å². The minimum atomic E-state index is -4.10. The Morgan fingerprint density at radius 3 is 2.05 bits per heavy atom. The summed E-state index contributed by atoms with van der Waals surface area (Å²) in [6.45, 7) is 0. The predicted octanol–water partition coefficient (Wildman–Crippen LogP) is 2.50. The molecule has 0 saturated heterocycles. The van der Waals surface area contributed by atoms with E-state index in [9.17, 15) is 22.9 Å². The van der Waals surface area contributed by atoms with E-state index >= 15 is 0 Å². The summed E-state index contributed by atoms with van der Waals surface area (Å²) in [5.41, 5.74) is -0.184. The van der Waals surface area contributed by atoms with E-state index in [1.165, 1.54) is 12.1 Å². The molecule has 0 fully saturated rings. The Morgan fingerprint density at radius 2 is 1.55 bits per heavy atom.